The molecule has 1 aromatic heterocycles. The minimum atomic E-state index is -1.18. The molecule has 1 aliphatic rings. The number of hydrogen-bond acceptors (Lipinski definition) is 7. The van der Waals surface area contributed by atoms with E-state index < -0.39 is 32.7 Å². The van der Waals surface area contributed by atoms with Crippen molar-refractivity contribution >= 4 is 57.2 Å². The van der Waals surface area contributed by atoms with Crippen LogP contribution >= 0.6 is 34.5 Å². The van der Waals surface area contributed by atoms with Gasteiger partial charge in [0, 0.05) is 29.5 Å². The Morgan fingerprint density at radius 1 is 1.43 bits per heavy atom. The number of halogens is 2. The molecule has 148 valence electrons. The minimum absolute atomic E-state index is 0.0557. The predicted octanol–water partition coefficient (Wildman–Crippen LogP) is 4.17. The second-order valence-corrected chi connectivity index (χ2v) is 8.94. The number of nitrogens with one attached hydrogen (secondary N) is 1. The second kappa shape index (κ2) is 7.31. The van der Waals surface area contributed by atoms with E-state index in [0.29, 0.717) is 11.3 Å². The van der Waals surface area contributed by atoms with Gasteiger partial charge in [-0.05, 0) is 13.8 Å². The number of carbonyl (C=O) groups excluding carboxylic acids is 2. The number of anilines is 1. The summed E-state index contributed by atoms with van der Waals surface area (Å²) in [7, 11) is 0. The summed E-state index contributed by atoms with van der Waals surface area (Å²) in [6, 6.07) is 6.01. The summed E-state index contributed by atoms with van der Waals surface area (Å²) in [5.74, 6) is -1.20. The zero-order valence-electron chi connectivity index (χ0n) is 14.8. The summed E-state index contributed by atoms with van der Waals surface area (Å²) in [5, 5.41) is 15.4. The second-order valence-electron chi connectivity index (χ2n) is 6.60. The first kappa shape index (κ1) is 20.5. The van der Waals surface area contributed by atoms with Crippen LogP contribution in [0.1, 0.15) is 20.3 Å². The average Bonchev–Trinajstić information content (AvgIpc) is 2.96. The van der Waals surface area contributed by atoms with Crippen molar-refractivity contribution in [2.45, 2.75) is 30.7 Å². The smallest absolute Gasteiger partial charge is 0.315 e. The maximum absolute atomic E-state index is 12.3. The Hall–Kier alpha value is -2.23. The molecular weight excluding hydrogens is 429 g/mol. The fourth-order valence-electron chi connectivity index (χ4n) is 2.42. The quantitative estimate of drug-likeness (QED) is 0.310. The lowest BCUT2D eigenvalue weighted by Gasteiger charge is -2.16. The third-order valence-corrected chi connectivity index (χ3v) is 6.31. The van der Waals surface area contributed by atoms with Crippen LogP contribution < -0.4 is 5.32 Å². The Morgan fingerprint density at radius 3 is 2.71 bits per heavy atom. The van der Waals surface area contributed by atoms with E-state index in [1.807, 2.05) is 0 Å². The van der Waals surface area contributed by atoms with Crippen molar-refractivity contribution in [2.24, 2.45) is 5.41 Å². The molecule has 2 atom stereocenters. The number of hydrogen-bond donors (Lipinski definition) is 1. The summed E-state index contributed by atoms with van der Waals surface area (Å²) in [6.45, 7) is 3.00. The highest BCUT2D eigenvalue weighted by molar-refractivity contribution is 7.14. The van der Waals surface area contributed by atoms with Gasteiger partial charge >= 0.3 is 5.97 Å². The molecular formula is C17H15Cl2N3O5S. The highest BCUT2D eigenvalue weighted by Gasteiger charge is 2.69. The number of nitro benzene ring substituents is 1. The maximum Gasteiger partial charge on any atom is 0.315 e. The molecule has 2 unspecified atom stereocenters. The molecule has 3 rings (SSSR count). The van der Waals surface area contributed by atoms with Gasteiger partial charge in [0.15, 0.2) is 11.2 Å². The van der Waals surface area contributed by atoms with E-state index in [4.69, 9.17) is 27.9 Å². The SMILES string of the molecule is CC(OC(=O)C1(C)CC1(Cl)Cl)C(=O)Nc1nc(-c2cccc([N+](=O)[O-])c2)cs1. The van der Waals surface area contributed by atoms with Crippen LogP contribution in [0.5, 0.6) is 0 Å². The van der Waals surface area contributed by atoms with Crippen LogP contribution in [0.4, 0.5) is 10.8 Å². The number of aromatic nitrogens is 1. The number of rotatable bonds is 6. The van der Waals surface area contributed by atoms with Gasteiger partial charge in [-0.15, -0.1) is 34.5 Å². The number of non-ortho nitro benzene ring substituents is 1. The fraction of sp³-hybridized carbons (Fsp3) is 0.353. The van der Waals surface area contributed by atoms with Gasteiger partial charge in [0.2, 0.25) is 0 Å². The predicted molar refractivity (Wildman–Crippen MR) is 106 cm³/mol. The molecule has 1 fully saturated rings. The number of ether oxygens (including phenoxy) is 1. The zero-order chi connectivity index (χ0) is 20.7. The molecule has 0 spiro atoms. The number of alkyl halides is 2. The number of esters is 1. The molecule has 1 saturated carbocycles. The van der Waals surface area contributed by atoms with Crippen LogP contribution in [0, 0.1) is 15.5 Å². The van der Waals surface area contributed by atoms with E-state index in [-0.39, 0.29) is 17.2 Å². The van der Waals surface area contributed by atoms with Crippen LogP contribution in [-0.2, 0) is 14.3 Å². The first-order valence-corrected chi connectivity index (χ1v) is 9.77. The van der Waals surface area contributed by atoms with Gasteiger partial charge in [-0.3, -0.25) is 25.0 Å². The fourth-order valence-corrected chi connectivity index (χ4v) is 3.83. The van der Waals surface area contributed by atoms with Gasteiger partial charge in [-0.1, -0.05) is 12.1 Å². The van der Waals surface area contributed by atoms with E-state index in [9.17, 15) is 19.7 Å². The van der Waals surface area contributed by atoms with Crippen LogP contribution in [-0.4, -0.2) is 32.2 Å². The van der Waals surface area contributed by atoms with Crippen LogP contribution in [0.25, 0.3) is 11.3 Å². The zero-order valence-corrected chi connectivity index (χ0v) is 17.1. The van der Waals surface area contributed by atoms with Gasteiger partial charge in [0.25, 0.3) is 11.6 Å². The number of amides is 1. The van der Waals surface area contributed by atoms with Crippen molar-refractivity contribution in [3.8, 4) is 11.3 Å². The monoisotopic (exact) mass is 443 g/mol. The summed E-state index contributed by atoms with van der Waals surface area (Å²) in [4.78, 5) is 39.1. The third kappa shape index (κ3) is 3.96. The molecule has 11 heteroatoms. The van der Waals surface area contributed by atoms with Crippen molar-refractivity contribution in [3.05, 3.63) is 39.8 Å². The lowest BCUT2D eigenvalue weighted by molar-refractivity contribution is -0.384. The van der Waals surface area contributed by atoms with Crippen molar-refractivity contribution in [2.75, 3.05) is 5.32 Å². The number of carbonyl (C=O) groups is 2. The summed E-state index contributed by atoms with van der Waals surface area (Å²) >= 11 is 13.0. The lowest BCUT2D eigenvalue weighted by Crippen LogP contribution is -2.33. The van der Waals surface area contributed by atoms with Gasteiger partial charge in [-0.25, -0.2) is 4.98 Å². The molecule has 1 amide bonds. The standard InChI is InChI=1S/C17H15Cl2N3O5S/c1-9(27-14(24)16(2)8-17(16,18)19)13(23)21-15-20-12(7-28-15)10-4-3-5-11(6-10)22(25)26/h3-7,9H,8H2,1-2H3,(H,20,21,23). The van der Waals surface area contributed by atoms with E-state index in [2.05, 4.69) is 10.3 Å². The van der Waals surface area contributed by atoms with E-state index >= 15 is 0 Å². The van der Waals surface area contributed by atoms with Crippen molar-refractivity contribution < 1.29 is 19.2 Å². The molecule has 1 heterocycles. The third-order valence-electron chi connectivity index (χ3n) is 4.45. The van der Waals surface area contributed by atoms with Gasteiger partial charge < -0.3 is 4.74 Å². The minimum Gasteiger partial charge on any atom is -0.452 e. The summed E-state index contributed by atoms with van der Waals surface area (Å²) in [6.07, 6.45) is -0.811. The lowest BCUT2D eigenvalue weighted by atomic mass is 10.1. The molecule has 28 heavy (non-hydrogen) atoms. The molecule has 8 nitrogen and oxygen atoms in total. The molecule has 1 aromatic carbocycles. The Labute approximate surface area is 174 Å². The Morgan fingerprint density at radius 2 is 2.11 bits per heavy atom. The molecule has 1 aliphatic carbocycles. The maximum atomic E-state index is 12.3. The van der Waals surface area contributed by atoms with Crippen LogP contribution in [0.2, 0.25) is 0 Å². The number of thiazole rings is 1. The molecule has 1 N–H and O–H groups in total. The van der Waals surface area contributed by atoms with Crippen LogP contribution in [0.15, 0.2) is 29.6 Å². The van der Waals surface area contributed by atoms with Crippen molar-refractivity contribution in [1.82, 2.24) is 4.98 Å². The molecule has 0 radical (unpaired) electrons. The highest BCUT2D eigenvalue weighted by atomic mass is 35.5. The van der Waals surface area contributed by atoms with Gasteiger partial charge in [0.1, 0.15) is 9.75 Å². The average molecular weight is 444 g/mol. The topological polar surface area (TPSA) is 111 Å². The Kier molecular flexibility index (Phi) is 5.35. The van der Waals surface area contributed by atoms with E-state index in [1.54, 1.807) is 24.4 Å². The molecule has 2 aromatic rings. The normalized spacial score (nSPS) is 20.9. The van der Waals surface area contributed by atoms with E-state index in [1.165, 1.54) is 19.1 Å². The number of nitrogens with zero attached hydrogens (tertiary/aromatic N) is 2. The summed E-state index contributed by atoms with van der Waals surface area (Å²) in [5.41, 5.74) is -0.0539. The first-order chi connectivity index (χ1) is 13.0. The van der Waals surface area contributed by atoms with Crippen LogP contribution in [0.3, 0.4) is 0 Å². The van der Waals surface area contributed by atoms with Gasteiger partial charge in [-0.2, -0.15) is 0 Å². The van der Waals surface area contributed by atoms with Crippen molar-refractivity contribution in [1.29, 1.82) is 0 Å². The Balaban J connectivity index is 1.63. The highest BCUT2D eigenvalue weighted by Crippen LogP contribution is 2.64. The number of nitro groups is 1. The first-order valence-electron chi connectivity index (χ1n) is 8.14. The largest absolute Gasteiger partial charge is 0.452 e. The van der Waals surface area contributed by atoms with Crippen molar-refractivity contribution in [3.63, 3.8) is 0 Å². The number of benzene rings is 1. The summed E-state index contributed by atoms with van der Waals surface area (Å²) < 4.78 is 3.98. The molecule has 0 saturated heterocycles. The van der Waals surface area contributed by atoms with E-state index in [0.717, 1.165) is 11.3 Å². The molecule has 0 bridgehead atoms. The molecule has 0 aliphatic heterocycles. The van der Waals surface area contributed by atoms with Gasteiger partial charge in [0.05, 0.1) is 10.6 Å². The Bertz CT molecular complexity index is 964.